The zero-order chi connectivity index (χ0) is 15.1. The van der Waals surface area contributed by atoms with Gasteiger partial charge < -0.3 is 20.3 Å². The van der Waals surface area contributed by atoms with Crippen LogP contribution in [0.25, 0.3) is 0 Å². The number of hydrogen-bond acceptors (Lipinski definition) is 4. The second-order valence-corrected chi connectivity index (χ2v) is 5.47. The van der Waals surface area contributed by atoms with Gasteiger partial charge in [-0.2, -0.15) is 0 Å². The molecule has 110 valence electrons. The van der Waals surface area contributed by atoms with Gasteiger partial charge in [0.15, 0.2) is 0 Å². The van der Waals surface area contributed by atoms with E-state index in [0.29, 0.717) is 0 Å². The Labute approximate surface area is 115 Å². The van der Waals surface area contributed by atoms with E-state index in [1.807, 2.05) is 0 Å². The molecule has 0 aliphatic rings. The first kappa shape index (κ1) is 17.7. The molecule has 0 bridgehead atoms. The minimum atomic E-state index is -1.32. The van der Waals surface area contributed by atoms with E-state index in [-0.39, 0.29) is 12.8 Å². The summed E-state index contributed by atoms with van der Waals surface area (Å²) in [6.45, 7) is 11.9. The van der Waals surface area contributed by atoms with Crippen LogP contribution in [0.15, 0.2) is 25.3 Å². The van der Waals surface area contributed by atoms with Crippen molar-refractivity contribution in [3.63, 3.8) is 0 Å². The van der Waals surface area contributed by atoms with E-state index in [9.17, 15) is 15.0 Å². The van der Waals surface area contributed by atoms with Crippen LogP contribution in [0.1, 0.15) is 33.6 Å². The van der Waals surface area contributed by atoms with Crippen LogP contribution in [0, 0.1) is 0 Å². The number of nitrogens with one attached hydrogen (secondary N) is 1. The van der Waals surface area contributed by atoms with Gasteiger partial charge >= 0.3 is 6.09 Å². The summed E-state index contributed by atoms with van der Waals surface area (Å²) >= 11 is 0. The highest BCUT2D eigenvalue weighted by atomic mass is 16.6. The van der Waals surface area contributed by atoms with Crippen LogP contribution in [0.3, 0.4) is 0 Å². The zero-order valence-electron chi connectivity index (χ0n) is 12.0. The van der Waals surface area contributed by atoms with Crippen molar-refractivity contribution in [3.8, 4) is 0 Å². The molecule has 19 heavy (non-hydrogen) atoms. The Bertz CT molecular complexity index is 310. The van der Waals surface area contributed by atoms with Crippen molar-refractivity contribution in [1.82, 2.24) is 5.32 Å². The van der Waals surface area contributed by atoms with Gasteiger partial charge in [-0.15, -0.1) is 13.2 Å². The van der Waals surface area contributed by atoms with E-state index in [2.05, 4.69) is 18.5 Å². The Morgan fingerprint density at radius 2 is 1.79 bits per heavy atom. The Morgan fingerprint density at radius 3 is 2.11 bits per heavy atom. The molecule has 0 aliphatic carbocycles. The Balaban J connectivity index is 4.82. The third-order valence-corrected chi connectivity index (χ3v) is 2.52. The van der Waals surface area contributed by atoms with Gasteiger partial charge in [-0.25, -0.2) is 4.79 Å². The molecule has 0 aromatic heterocycles. The van der Waals surface area contributed by atoms with Gasteiger partial charge in [0.05, 0.1) is 18.2 Å². The molecule has 5 heteroatoms. The molecule has 0 spiro atoms. The maximum atomic E-state index is 11.7. The van der Waals surface area contributed by atoms with Gasteiger partial charge in [-0.05, 0) is 33.6 Å². The van der Waals surface area contributed by atoms with Crippen LogP contribution in [0.4, 0.5) is 4.79 Å². The lowest BCUT2D eigenvalue weighted by atomic mass is 9.87. The van der Waals surface area contributed by atoms with Gasteiger partial charge in [-0.1, -0.05) is 12.2 Å². The first-order chi connectivity index (χ1) is 8.68. The van der Waals surface area contributed by atoms with Crippen LogP contribution >= 0.6 is 0 Å². The molecule has 0 aromatic carbocycles. The highest BCUT2D eigenvalue weighted by Gasteiger charge is 2.36. The van der Waals surface area contributed by atoms with Crippen molar-refractivity contribution in [3.05, 3.63) is 25.3 Å². The number of aliphatic hydroxyl groups is 2. The SMILES string of the molecule is C=CCC(O)(CC=C)C(CO)NC(=O)OC(C)(C)C. The molecule has 0 heterocycles. The summed E-state index contributed by atoms with van der Waals surface area (Å²) < 4.78 is 5.10. The van der Waals surface area contributed by atoms with E-state index in [4.69, 9.17) is 4.74 Å². The van der Waals surface area contributed by atoms with Gasteiger partial charge in [-0.3, -0.25) is 0 Å². The fourth-order valence-corrected chi connectivity index (χ4v) is 1.67. The largest absolute Gasteiger partial charge is 0.444 e. The number of ether oxygens (including phenoxy) is 1. The molecule has 0 saturated carbocycles. The first-order valence-electron chi connectivity index (χ1n) is 6.23. The summed E-state index contributed by atoms with van der Waals surface area (Å²) in [4.78, 5) is 11.7. The van der Waals surface area contributed by atoms with E-state index in [1.54, 1.807) is 20.8 Å². The van der Waals surface area contributed by atoms with Gasteiger partial charge in [0.25, 0.3) is 0 Å². The molecule has 3 N–H and O–H groups in total. The van der Waals surface area contributed by atoms with Crippen LogP contribution in [0.2, 0.25) is 0 Å². The van der Waals surface area contributed by atoms with Crippen molar-refractivity contribution in [1.29, 1.82) is 0 Å². The third-order valence-electron chi connectivity index (χ3n) is 2.52. The fraction of sp³-hybridized carbons (Fsp3) is 0.643. The van der Waals surface area contributed by atoms with Crippen molar-refractivity contribution >= 4 is 6.09 Å². The van der Waals surface area contributed by atoms with Crippen LogP contribution in [-0.4, -0.2) is 40.2 Å². The second kappa shape index (κ2) is 7.31. The van der Waals surface area contributed by atoms with Crippen molar-refractivity contribution in [2.45, 2.75) is 50.9 Å². The summed E-state index contributed by atoms with van der Waals surface area (Å²) in [5.41, 5.74) is -1.96. The number of alkyl carbamates (subject to hydrolysis) is 1. The Morgan fingerprint density at radius 1 is 1.32 bits per heavy atom. The number of rotatable bonds is 7. The highest BCUT2D eigenvalue weighted by molar-refractivity contribution is 5.68. The standard InChI is InChI=1S/C14H25NO4/c1-6-8-14(18,9-7-2)11(10-16)15-12(17)19-13(3,4)5/h6-7,11,16,18H,1-2,8-10H2,3-5H3,(H,15,17). The molecular weight excluding hydrogens is 246 g/mol. The van der Waals surface area contributed by atoms with E-state index < -0.39 is 29.9 Å². The molecule has 0 aromatic rings. The molecule has 0 rings (SSSR count). The van der Waals surface area contributed by atoms with Crippen LogP contribution < -0.4 is 5.32 Å². The molecule has 0 aliphatic heterocycles. The van der Waals surface area contributed by atoms with Crippen LogP contribution in [0.5, 0.6) is 0 Å². The highest BCUT2D eigenvalue weighted by Crippen LogP contribution is 2.22. The monoisotopic (exact) mass is 271 g/mol. The summed E-state index contributed by atoms with van der Waals surface area (Å²) in [7, 11) is 0. The predicted octanol–water partition coefficient (Wildman–Crippen LogP) is 1.76. The average molecular weight is 271 g/mol. The number of amides is 1. The number of aliphatic hydroxyl groups excluding tert-OH is 1. The molecule has 5 nitrogen and oxygen atoms in total. The van der Waals surface area contributed by atoms with E-state index >= 15 is 0 Å². The zero-order valence-corrected chi connectivity index (χ0v) is 12.0. The van der Waals surface area contributed by atoms with E-state index in [0.717, 1.165) is 0 Å². The Kier molecular flexibility index (Phi) is 6.79. The summed E-state index contributed by atoms with van der Waals surface area (Å²) in [5.74, 6) is 0. The first-order valence-corrected chi connectivity index (χ1v) is 6.23. The minimum Gasteiger partial charge on any atom is -0.444 e. The smallest absolute Gasteiger partial charge is 0.408 e. The van der Waals surface area contributed by atoms with Crippen molar-refractivity contribution < 1.29 is 19.7 Å². The lowest BCUT2D eigenvalue weighted by molar-refractivity contribution is -0.0196. The van der Waals surface area contributed by atoms with Gasteiger partial charge in [0.2, 0.25) is 0 Å². The molecule has 1 unspecified atom stereocenters. The normalized spacial score (nSPS) is 13.5. The molecule has 0 saturated heterocycles. The summed E-state index contributed by atoms with van der Waals surface area (Å²) in [6.07, 6.45) is 2.82. The lowest BCUT2D eigenvalue weighted by Gasteiger charge is -2.34. The maximum absolute atomic E-state index is 11.7. The van der Waals surface area contributed by atoms with Gasteiger partial charge in [0.1, 0.15) is 5.60 Å². The fourth-order valence-electron chi connectivity index (χ4n) is 1.67. The predicted molar refractivity (Wildman–Crippen MR) is 74.8 cm³/mol. The molecular formula is C14H25NO4. The average Bonchev–Trinajstić information content (AvgIpc) is 2.23. The quantitative estimate of drug-likeness (QED) is 0.616. The number of carbonyl (C=O) groups excluding carboxylic acids is 1. The minimum absolute atomic E-state index is 0.222. The summed E-state index contributed by atoms with van der Waals surface area (Å²) in [5, 5.41) is 22.3. The Hall–Kier alpha value is -1.33. The van der Waals surface area contributed by atoms with Gasteiger partial charge in [0, 0.05) is 0 Å². The topological polar surface area (TPSA) is 78.8 Å². The van der Waals surface area contributed by atoms with E-state index in [1.165, 1.54) is 12.2 Å². The number of carbonyl (C=O) groups is 1. The summed E-state index contributed by atoms with van der Waals surface area (Å²) in [6, 6.07) is -0.849. The molecule has 1 atom stereocenters. The maximum Gasteiger partial charge on any atom is 0.408 e. The lowest BCUT2D eigenvalue weighted by Crippen LogP contribution is -2.55. The van der Waals surface area contributed by atoms with Crippen molar-refractivity contribution in [2.75, 3.05) is 6.61 Å². The molecule has 0 radical (unpaired) electrons. The molecule has 0 fully saturated rings. The van der Waals surface area contributed by atoms with Crippen molar-refractivity contribution in [2.24, 2.45) is 0 Å². The third kappa shape index (κ3) is 6.40. The number of hydrogen-bond donors (Lipinski definition) is 3. The second-order valence-electron chi connectivity index (χ2n) is 5.47. The van der Waals surface area contributed by atoms with Crippen LogP contribution in [-0.2, 0) is 4.74 Å². The molecule has 1 amide bonds.